The third-order valence-electron chi connectivity index (χ3n) is 4.45. The Balaban J connectivity index is 1.90. The number of likely N-dealkylation sites (tertiary alicyclic amines) is 1. The molecule has 0 aromatic heterocycles. The van der Waals surface area contributed by atoms with Crippen LogP contribution in [0.15, 0.2) is 35.2 Å². The fourth-order valence-corrected chi connectivity index (χ4v) is 4.95. The molecule has 156 valence electrons. The van der Waals surface area contributed by atoms with Crippen LogP contribution in [-0.4, -0.2) is 61.0 Å². The normalized spacial score (nSPS) is 16.9. The molecular weight excluding hydrogens is 413 g/mol. The molecule has 28 heavy (non-hydrogen) atoms. The van der Waals surface area contributed by atoms with E-state index < -0.39 is 15.5 Å². The van der Waals surface area contributed by atoms with Gasteiger partial charge in [-0.25, -0.2) is 8.42 Å². The number of piperidine rings is 1. The predicted molar refractivity (Wildman–Crippen MR) is 104 cm³/mol. The number of carbonyl (C=O) groups is 1. The monoisotopic (exact) mass is 436 g/mol. The number of alkyl halides is 3. The van der Waals surface area contributed by atoms with Gasteiger partial charge in [0.15, 0.2) is 0 Å². The first-order valence-corrected chi connectivity index (χ1v) is 11.5. The Morgan fingerprint density at radius 1 is 1.25 bits per heavy atom. The summed E-state index contributed by atoms with van der Waals surface area (Å²) in [5, 5.41) is 0. The molecule has 0 bridgehead atoms. The second-order valence-corrected chi connectivity index (χ2v) is 9.55. The molecule has 1 aliphatic heterocycles. The zero-order chi connectivity index (χ0) is 20.9. The largest absolute Gasteiger partial charge is 0.446 e. The highest BCUT2D eigenvalue weighted by atomic mass is 32.2. The summed E-state index contributed by atoms with van der Waals surface area (Å²) in [6, 6.07) is 5.66. The van der Waals surface area contributed by atoms with Crippen LogP contribution in [0.25, 0.3) is 6.08 Å². The van der Waals surface area contributed by atoms with Crippen molar-refractivity contribution in [2.75, 3.05) is 25.9 Å². The average molecular weight is 437 g/mol. The molecule has 0 saturated carbocycles. The van der Waals surface area contributed by atoms with Crippen molar-refractivity contribution in [2.45, 2.75) is 36.2 Å². The van der Waals surface area contributed by atoms with E-state index in [1.807, 2.05) is 0 Å². The van der Waals surface area contributed by atoms with E-state index in [1.165, 1.54) is 40.9 Å². The predicted octanol–water partition coefficient (Wildman–Crippen LogP) is 3.58. The van der Waals surface area contributed by atoms with Crippen LogP contribution >= 0.6 is 11.8 Å². The first kappa shape index (κ1) is 22.8. The van der Waals surface area contributed by atoms with Crippen molar-refractivity contribution in [1.82, 2.24) is 9.21 Å². The van der Waals surface area contributed by atoms with E-state index in [9.17, 15) is 26.4 Å². The van der Waals surface area contributed by atoms with Gasteiger partial charge in [0, 0.05) is 36.6 Å². The topological polar surface area (TPSA) is 57.7 Å². The standard InChI is InChI=1S/C18H23F3N2O3S2/c1-3-23(28(2,25)26)15-10-12-22(13-11-15)17(24)9-6-14-4-7-16(8-5-14)27-18(19,20)21/h4-9,15H,3,10-13H2,1-2H3. The zero-order valence-electron chi connectivity index (χ0n) is 15.6. The zero-order valence-corrected chi connectivity index (χ0v) is 17.3. The average Bonchev–Trinajstić information content (AvgIpc) is 2.59. The smallest absolute Gasteiger partial charge is 0.339 e. The summed E-state index contributed by atoms with van der Waals surface area (Å²) in [4.78, 5) is 14.1. The molecule has 1 aromatic carbocycles. The molecule has 2 rings (SSSR count). The summed E-state index contributed by atoms with van der Waals surface area (Å²) in [5.74, 6) is -0.199. The van der Waals surface area contributed by atoms with Crippen LogP contribution in [0, 0.1) is 0 Å². The number of carbonyl (C=O) groups excluding carboxylic acids is 1. The minimum absolute atomic E-state index is 0.0874. The second-order valence-electron chi connectivity index (χ2n) is 6.47. The highest BCUT2D eigenvalue weighted by Crippen LogP contribution is 2.36. The number of sulfonamides is 1. The fraction of sp³-hybridized carbons (Fsp3) is 0.500. The highest BCUT2D eigenvalue weighted by molar-refractivity contribution is 8.00. The summed E-state index contributed by atoms with van der Waals surface area (Å²) in [7, 11) is -3.27. The molecule has 0 unspecified atom stereocenters. The molecule has 1 fully saturated rings. The molecule has 1 aromatic rings. The Morgan fingerprint density at radius 3 is 2.29 bits per heavy atom. The lowest BCUT2D eigenvalue weighted by atomic mass is 10.0. The van der Waals surface area contributed by atoms with Crippen molar-refractivity contribution in [3.63, 3.8) is 0 Å². The quantitative estimate of drug-likeness (QED) is 0.505. The third-order valence-corrected chi connectivity index (χ3v) is 6.60. The Kier molecular flexibility index (Phi) is 7.58. The Labute approximate surface area is 167 Å². The molecule has 1 amide bonds. The van der Waals surface area contributed by atoms with Gasteiger partial charge in [-0.05, 0) is 48.4 Å². The van der Waals surface area contributed by atoms with Crippen LogP contribution in [0.1, 0.15) is 25.3 Å². The van der Waals surface area contributed by atoms with Gasteiger partial charge in [-0.15, -0.1) is 0 Å². The van der Waals surface area contributed by atoms with Crippen molar-refractivity contribution in [3.8, 4) is 0 Å². The maximum atomic E-state index is 12.3. The summed E-state index contributed by atoms with van der Waals surface area (Å²) in [6.45, 7) is 3.11. The van der Waals surface area contributed by atoms with Gasteiger partial charge in [-0.1, -0.05) is 19.1 Å². The van der Waals surface area contributed by atoms with Gasteiger partial charge in [-0.2, -0.15) is 17.5 Å². The van der Waals surface area contributed by atoms with Gasteiger partial charge >= 0.3 is 5.51 Å². The van der Waals surface area contributed by atoms with Gasteiger partial charge in [-0.3, -0.25) is 4.79 Å². The number of hydrogen-bond acceptors (Lipinski definition) is 4. The number of amides is 1. The lowest BCUT2D eigenvalue weighted by Gasteiger charge is -2.36. The number of benzene rings is 1. The number of thioether (sulfide) groups is 1. The van der Waals surface area contributed by atoms with Crippen LogP contribution in [0.4, 0.5) is 13.2 Å². The van der Waals surface area contributed by atoms with E-state index in [2.05, 4.69) is 0 Å². The number of halogens is 3. The Morgan fingerprint density at radius 2 is 1.82 bits per heavy atom. The summed E-state index contributed by atoms with van der Waals surface area (Å²) >= 11 is -0.184. The van der Waals surface area contributed by atoms with Gasteiger partial charge in [0.1, 0.15) is 0 Å². The lowest BCUT2D eigenvalue weighted by Crippen LogP contribution is -2.48. The highest BCUT2D eigenvalue weighted by Gasteiger charge is 2.30. The first-order chi connectivity index (χ1) is 13.0. The lowest BCUT2D eigenvalue weighted by molar-refractivity contribution is -0.127. The molecule has 0 spiro atoms. The van der Waals surface area contributed by atoms with Crippen LogP contribution in [0.3, 0.4) is 0 Å². The maximum Gasteiger partial charge on any atom is 0.446 e. The molecule has 0 aliphatic carbocycles. The van der Waals surface area contributed by atoms with E-state index in [4.69, 9.17) is 0 Å². The molecule has 0 N–H and O–H groups in total. The van der Waals surface area contributed by atoms with E-state index in [-0.39, 0.29) is 28.6 Å². The summed E-state index contributed by atoms with van der Waals surface area (Å²) in [6.07, 6.45) is 5.29. The molecule has 0 radical (unpaired) electrons. The van der Waals surface area contributed by atoms with Gasteiger partial charge in [0.2, 0.25) is 15.9 Å². The Hall–Kier alpha value is -1.52. The minimum Gasteiger partial charge on any atom is -0.339 e. The van der Waals surface area contributed by atoms with E-state index >= 15 is 0 Å². The molecule has 5 nitrogen and oxygen atoms in total. The van der Waals surface area contributed by atoms with Crippen LogP contribution < -0.4 is 0 Å². The van der Waals surface area contributed by atoms with Crippen molar-refractivity contribution in [1.29, 1.82) is 0 Å². The van der Waals surface area contributed by atoms with E-state index in [0.717, 1.165) is 0 Å². The molecule has 1 heterocycles. The third kappa shape index (κ3) is 6.82. The van der Waals surface area contributed by atoms with Crippen LogP contribution in [0.5, 0.6) is 0 Å². The molecule has 10 heteroatoms. The molecule has 1 aliphatic rings. The van der Waals surface area contributed by atoms with Crippen molar-refractivity contribution in [2.24, 2.45) is 0 Å². The van der Waals surface area contributed by atoms with Crippen molar-refractivity contribution < 1.29 is 26.4 Å². The van der Waals surface area contributed by atoms with Crippen molar-refractivity contribution >= 4 is 33.8 Å². The number of rotatable bonds is 6. The number of nitrogens with zero attached hydrogens (tertiary/aromatic N) is 2. The first-order valence-electron chi connectivity index (χ1n) is 8.79. The summed E-state index contributed by atoms with van der Waals surface area (Å²) in [5.41, 5.74) is -3.70. The van der Waals surface area contributed by atoms with Gasteiger partial charge in [0.05, 0.1) is 6.26 Å². The Bertz CT molecular complexity index is 800. The number of hydrogen-bond donors (Lipinski definition) is 0. The maximum absolute atomic E-state index is 12.3. The van der Waals surface area contributed by atoms with Gasteiger partial charge < -0.3 is 4.90 Å². The fourth-order valence-electron chi connectivity index (χ4n) is 3.19. The van der Waals surface area contributed by atoms with Crippen LogP contribution in [-0.2, 0) is 14.8 Å². The molecule has 0 atom stereocenters. The second kappa shape index (κ2) is 9.32. The molecule has 1 saturated heterocycles. The SMILES string of the molecule is CCN(C1CCN(C(=O)C=Cc2ccc(SC(F)(F)F)cc2)CC1)S(C)(=O)=O. The minimum atomic E-state index is -4.33. The van der Waals surface area contributed by atoms with E-state index in [1.54, 1.807) is 17.9 Å². The molecular formula is C18H23F3N2O3S2. The van der Waals surface area contributed by atoms with Crippen LogP contribution in [0.2, 0.25) is 0 Å². The van der Waals surface area contributed by atoms with E-state index in [0.29, 0.717) is 38.0 Å². The van der Waals surface area contributed by atoms with Crippen molar-refractivity contribution in [3.05, 3.63) is 35.9 Å². The van der Waals surface area contributed by atoms with Gasteiger partial charge in [0.25, 0.3) is 0 Å². The summed E-state index contributed by atoms with van der Waals surface area (Å²) < 4.78 is 62.1.